The molecule has 1 aromatic rings. The molecular formula is C13H18O3S2. The van der Waals surface area contributed by atoms with E-state index in [9.17, 15) is 9.32 Å². The average molecular weight is 286 g/mol. The molecule has 0 saturated carbocycles. The van der Waals surface area contributed by atoms with Gasteiger partial charge in [0.25, 0.3) is 0 Å². The molecule has 0 spiro atoms. The van der Waals surface area contributed by atoms with Crippen molar-refractivity contribution in [3.63, 3.8) is 0 Å². The second kappa shape index (κ2) is 6.19. The first-order valence-corrected chi connectivity index (χ1v) is 8.36. The lowest BCUT2D eigenvalue weighted by molar-refractivity contribution is 0.0853. The van der Waals surface area contributed by atoms with Crippen molar-refractivity contribution in [2.24, 2.45) is 0 Å². The van der Waals surface area contributed by atoms with Crippen LogP contribution < -0.4 is 0 Å². The van der Waals surface area contributed by atoms with E-state index < -0.39 is 21.0 Å². The molecule has 1 aliphatic heterocycles. The minimum Gasteiger partial charge on any atom is -0.394 e. The van der Waals surface area contributed by atoms with Crippen LogP contribution in [0.5, 0.6) is 0 Å². The van der Waals surface area contributed by atoms with Gasteiger partial charge in [0, 0.05) is 23.0 Å². The van der Waals surface area contributed by atoms with Gasteiger partial charge in [0.05, 0.1) is 12.7 Å². The molecule has 1 saturated heterocycles. The lowest BCUT2D eigenvalue weighted by atomic mass is 10.1. The summed E-state index contributed by atoms with van der Waals surface area (Å²) in [5.41, 5.74) is 0.987. The maximum Gasteiger partial charge on any atom is 0.118 e. The van der Waals surface area contributed by atoms with Crippen LogP contribution in [0, 0.1) is 0 Å². The third kappa shape index (κ3) is 2.79. The van der Waals surface area contributed by atoms with Gasteiger partial charge in [-0.05, 0) is 17.7 Å². The molecule has 1 unspecified atom stereocenters. The normalized spacial score (nSPS) is 30.0. The van der Waals surface area contributed by atoms with Crippen LogP contribution in [0.15, 0.2) is 30.3 Å². The van der Waals surface area contributed by atoms with Crippen LogP contribution in [-0.4, -0.2) is 38.6 Å². The highest BCUT2D eigenvalue weighted by atomic mass is 32.2. The van der Waals surface area contributed by atoms with Gasteiger partial charge in [0.1, 0.15) is 4.08 Å². The zero-order valence-electron chi connectivity index (χ0n) is 10.1. The molecule has 1 aromatic carbocycles. The third-order valence-corrected chi connectivity index (χ3v) is 7.18. The number of rotatable bonds is 4. The lowest BCUT2D eigenvalue weighted by Crippen LogP contribution is -2.38. The van der Waals surface area contributed by atoms with Crippen molar-refractivity contribution in [3.8, 4) is 0 Å². The first kappa shape index (κ1) is 14.1. The Morgan fingerprint density at radius 3 is 2.72 bits per heavy atom. The van der Waals surface area contributed by atoms with Crippen LogP contribution in [0.4, 0.5) is 0 Å². The van der Waals surface area contributed by atoms with Crippen LogP contribution in [-0.2, 0) is 14.9 Å². The van der Waals surface area contributed by atoms with Crippen LogP contribution in [0.1, 0.15) is 18.4 Å². The maximum absolute atomic E-state index is 12.5. The predicted molar refractivity (Wildman–Crippen MR) is 75.9 cm³/mol. The molecule has 1 heterocycles. The Balaban J connectivity index is 2.36. The van der Waals surface area contributed by atoms with E-state index >= 15 is 0 Å². The molecule has 0 radical (unpaired) electrons. The van der Waals surface area contributed by atoms with Gasteiger partial charge in [-0.1, -0.05) is 30.3 Å². The third-order valence-electron chi connectivity index (χ3n) is 3.11. The second-order valence-corrected chi connectivity index (χ2v) is 7.86. The number of thioether (sulfide) groups is 1. The summed E-state index contributed by atoms with van der Waals surface area (Å²) in [5.74, 6) is 1.61. The molecule has 1 fully saturated rings. The Hall–Kier alpha value is -0.360. The fourth-order valence-corrected chi connectivity index (χ4v) is 6.16. The topological polar surface area (TPSA) is 57.5 Å². The Bertz CT molecular complexity index is 410. The van der Waals surface area contributed by atoms with E-state index in [1.807, 2.05) is 30.3 Å². The van der Waals surface area contributed by atoms with Crippen molar-refractivity contribution in [3.05, 3.63) is 35.9 Å². The van der Waals surface area contributed by atoms with Gasteiger partial charge in [-0.15, -0.1) is 11.8 Å². The molecule has 3 atom stereocenters. The van der Waals surface area contributed by atoms with Crippen molar-refractivity contribution in [1.82, 2.24) is 0 Å². The highest BCUT2D eigenvalue weighted by Crippen LogP contribution is 2.47. The van der Waals surface area contributed by atoms with Gasteiger partial charge in [-0.25, -0.2) is 0 Å². The molecule has 18 heavy (non-hydrogen) atoms. The fourth-order valence-electron chi connectivity index (χ4n) is 2.21. The summed E-state index contributed by atoms with van der Waals surface area (Å²) >= 11 is 1.64. The van der Waals surface area contributed by atoms with Crippen LogP contribution >= 0.6 is 11.8 Å². The quantitative estimate of drug-likeness (QED) is 0.880. The largest absolute Gasteiger partial charge is 0.394 e. The first-order valence-electron chi connectivity index (χ1n) is 6.06. The van der Waals surface area contributed by atoms with Crippen LogP contribution in [0.2, 0.25) is 0 Å². The SMILES string of the molecule is O=S1CCCS[C@]1(C[C@H](O)CO)c1ccccc1. The number of aliphatic hydroxyl groups is 2. The van der Waals surface area contributed by atoms with E-state index in [-0.39, 0.29) is 6.61 Å². The van der Waals surface area contributed by atoms with Crippen molar-refractivity contribution < 1.29 is 14.4 Å². The van der Waals surface area contributed by atoms with Crippen molar-refractivity contribution in [1.29, 1.82) is 0 Å². The Kier molecular flexibility index (Phi) is 4.84. The van der Waals surface area contributed by atoms with Crippen molar-refractivity contribution in [2.45, 2.75) is 23.0 Å². The molecule has 100 valence electrons. The van der Waals surface area contributed by atoms with Gasteiger partial charge in [0.2, 0.25) is 0 Å². The van der Waals surface area contributed by atoms with E-state index in [0.717, 1.165) is 17.7 Å². The molecule has 3 nitrogen and oxygen atoms in total. The number of hydrogen-bond acceptors (Lipinski definition) is 4. The van der Waals surface area contributed by atoms with Crippen LogP contribution in [0.3, 0.4) is 0 Å². The van der Waals surface area contributed by atoms with E-state index in [0.29, 0.717) is 12.2 Å². The van der Waals surface area contributed by atoms with E-state index in [1.54, 1.807) is 11.8 Å². The molecule has 2 N–H and O–H groups in total. The summed E-state index contributed by atoms with van der Waals surface area (Å²) in [6.07, 6.45) is 0.464. The molecule has 0 amide bonds. The highest BCUT2D eigenvalue weighted by molar-refractivity contribution is 8.12. The summed E-state index contributed by atoms with van der Waals surface area (Å²) in [5, 5.41) is 18.8. The number of benzene rings is 1. The smallest absolute Gasteiger partial charge is 0.118 e. The summed E-state index contributed by atoms with van der Waals surface area (Å²) in [6, 6.07) is 9.69. The molecule has 0 aromatic heterocycles. The minimum atomic E-state index is -1.02. The highest BCUT2D eigenvalue weighted by Gasteiger charge is 2.42. The predicted octanol–water partition coefficient (Wildman–Crippen LogP) is 1.47. The zero-order chi connectivity index (χ0) is 13.0. The summed E-state index contributed by atoms with van der Waals surface area (Å²) in [7, 11) is -1.02. The van der Waals surface area contributed by atoms with E-state index in [2.05, 4.69) is 0 Å². The van der Waals surface area contributed by atoms with Gasteiger partial charge < -0.3 is 10.2 Å². The van der Waals surface area contributed by atoms with Gasteiger partial charge in [0.15, 0.2) is 0 Å². The number of hydrogen-bond donors (Lipinski definition) is 2. The van der Waals surface area contributed by atoms with Crippen molar-refractivity contribution >= 4 is 22.6 Å². The van der Waals surface area contributed by atoms with Gasteiger partial charge >= 0.3 is 0 Å². The Morgan fingerprint density at radius 1 is 1.39 bits per heavy atom. The minimum absolute atomic E-state index is 0.285. The summed E-state index contributed by atoms with van der Waals surface area (Å²) < 4.78 is 11.9. The monoisotopic (exact) mass is 286 g/mol. The van der Waals surface area contributed by atoms with E-state index in [1.165, 1.54) is 0 Å². The van der Waals surface area contributed by atoms with E-state index in [4.69, 9.17) is 5.11 Å². The molecule has 0 aliphatic carbocycles. The van der Waals surface area contributed by atoms with Crippen molar-refractivity contribution in [2.75, 3.05) is 18.1 Å². The molecule has 1 aliphatic rings. The summed E-state index contributed by atoms with van der Waals surface area (Å²) in [6.45, 7) is -0.285. The molecule has 2 rings (SSSR count). The maximum atomic E-state index is 12.5. The Morgan fingerprint density at radius 2 is 2.11 bits per heavy atom. The zero-order valence-corrected chi connectivity index (χ0v) is 11.8. The Labute approximate surface area is 114 Å². The number of aliphatic hydroxyl groups excluding tert-OH is 2. The van der Waals surface area contributed by atoms with Gasteiger partial charge in [-0.3, -0.25) is 4.21 Å². The molecule has 0 bridgehead atoms. The fraction of sp³-hybridized carbons (Fsp3) is 0.538. The lowest BCUT2D eigenvalue weighted by Gasteiger charge is -2.37. The summed E-state index contributed by atoms with van der Waals surface area (Å²) in [4.78, 5) is 0. The molecule has 5 heteroatoms. The average Bonchev–Trinajstić information content (AvgIpc) is 2.42. The van der Waals surface area contributed by atoms with Gasteiger partial charge in [-0.2, -0.15) is 0 Å². The first-order chi connectivity index (χ1) is 8.69. The second-order valence-electron chi connectivity index (χ2n) is 4.41. The molecular weight excluding hydrogens is 268 g/mol. The van der Waals surface area contributed by atoms with Crippen LogP contribution in [0.25, 0.3) is 0 Å². The standard InChI is InChI=1S/C13H18O3S2/c14-10-12(15)9-13(11-5-2-1-3-6-11)17-7-4-8-18(13)16/h1-3,5-6,12,14-15H,4,7-10H2/t12-,13-,18?/m0/s1.